The van der Waals surface area contributed by atoms with Crippen molar-refractivity contribution in [2.45, 2.75) is 39.5 Å². The van der Waals surface area contributed by atoms with E-state index in [2.05, 4.69) is 11.0 Å². The first kappa shape index (κ1) is 22.5. The molecule has 0 N–H and O–H groups in total. The second kappa shape index (κ2) is 9.53. The molecule has 5 rings (SSSR count). The number of amides is 1. The Labute approximate surface area is 199 Å². The molecule has 0 bridgehead atoms. The summed E-state index contributed by atoms with van der Waals surface area (Å²) in [5.41, 5.74) is 5.00. The molecule has 3 aromatic rings. The summed E-state index contributed by atoms with van der Waals surface area (Å²) in [5.74, 6) is 1.62. The fourth-order valence-corrected chi connectivity index (χ4v) is 5.06. The largest absolute Gasteiger partial charge is 0.493 e. The van der Waals surface area contributed by atoms with Gasteiger partial charge in [0.2, 0.25) is 5.91 Å². The summed E-state index contributed by atoms with van der Waals surface area (Å²) in [4.78, 5) is 17.2. The van der Waals surface area contributed by atoms with Gasteiger partial charge in [-0.25, -0.2) is 4.39 Å². The van der Waals surface area contributed by atoms with Crippen molar-refractivity contribution in [3.63, 3.8) is 0 Å². The Morgan fingerprint density at radius 3 is 2.56 bits per heavy atom. The number of hydrogen-bond acceptors (Lipinski definition) is 4. The number of benzene rings is 2. The Morgan fingerprint density at radius 1 is 1.09 bits per heavy atom. The number of nitrogens with zero attached hydrogens (tertiary/aromatic N) is 2. The van der Waals surface area contributed by atoms with Crippen LogP contribution in [-0.2, 0) is 17.6 Å². The van der Waals surface area contributed by atoms with Crippen molar-refractivity contribution in [3.8, 4) is 5.75 Å². The quantitative estimate of drug-likeness (QED) is 0.463. The molecule has 6 heteroatoms. The summed E-state index contributed by atoms with van der Waals surface area (Å²) >= 11 is 0. The lowest BCUT2D eigenvalue weighted by atomic mass is 9.94. The van der Waals surface area contributed by atoms with Gasteiger partial charge in [0.25, 0.3) is 0 Å². The summed E-state index contributed by atoms with van der Waals surface area (Å²) in [5, 5.41) is 1.14. The smallest absolute Gasteiger partial charge is 0.246 e. The number of aryl methyl sites for hydroxylation is 2. The van der Waals surface area contributed by atoms with Crippen LogP contribution in [0.5, 0.6) is 5.75 Å². The van der Waals surface area contributed by atoms with Crippen molar-refractivity contribution in [3.05, 3.63) is 65.2 Å². The van der Waals surface area contributed by atoms with E-state index in [4.69, 9.17) is 9.15 Å². The molecule has 1 aliphatic heterocycles. The van der Waals surface area contributed by atoms with E-state index in [-0.39, 0.29) is 11.7 Å². The average molecular weight is 463 g/mol. The maximum Gasteiger partial charge on any atom is 0.246 e. The Morgan fingerprint density at radius 2 is 1.82 bits per heavy atom. The fraction of sp³-hybridized carbons (Fsp3) is 0.393. The van der Waals surface area contributed by atoms with Crippen LogP contribution in [0.4, 0.5) is 10.1 Å². The molecular formula is C28H31FN2O3. The Kier molecular flexibility index (Phi) is 6.31. The monoisotopic (exact) mass is 462 g/mol. The van der Waals surface area contributed by atoms with Crippen LogP contribution in [0.15, 0.2) is 46.9 Å². The Balaban J connectivity index is 1.35. The van der Waals surface area contributed by atoms with Crippen molar-refractivity contribution in [1.82, 2.24) is 4.90 Å². The van der Waals surface area contributed by atoms with Crippen LogP contribution >= 0.6 is 0 Å². The molecular weight excluding hydrogens is 431 g/mol. The third-order valence-electron chi connectivity index (χ3n) is 6.91. The number of carbonyl (C=O) groups excluding carboxylic acids is 1. The summed E-state index contributed by atoms with van der Waals surface area (Å²) in [6.45, 7) is 7.20. The van der Waals surface area contributed by atoms with E-state index in [0.29, 0.717) is 19.7 Å². The molecule has 0 radical (unpaired) electrons. The van der Waals surface area contributed by atoms with Gasteiger partial charge in [0.1, 0.15) is 22.9 Å². The first-order valence-corrected chi connectivity index (χ1v) is 12.2. The summed E-state index contributed by atoms with van der Waals surface area (Å²) in [7, 11) is 0. The molecule has 2 heterocycles. The normalized spacial score (nSPS) is 16.6. The number of piperazine rings is 1. The molecule has 1 fully saturated rings. The minimum atomic E-state index is -0.237. The molecule has 2 aromatic carbocycles. The number of hydrogen-bond donors (Lipinski definition) is 0. The summed E-state index contributed by atoms with van der Waals surface area (Å²) in [6, 6.07) is 10.6. The Bertz CT molecular complexity index is 1220. The van der Waals surface area contributed by atoms with E-state index in [1.54, 1.807) is 18.2 Å². The van der Waals surface area contributed by atoms with E-state index in [0.717, 1.165) is 65.2 Å². The predicted molar refractivity (Wildman–Crippen MR) is 133 cm³/mol. The third kappa shape index (κ3) is 4.41. The molecule has 2 aliphatic rings. The van der Waals surface area contributed by atoms with Crippen LogP contribution in [-0.4, -0.2) is 43.6 Å². The highest BCUT2D eigenvalue weighted by Gasteiger charge is 2.23. The minimum Gasteiger partial charge on any atom is -0.493 e. The van der Waals surface area contributed by atoms with E-state index in [9.17, 15) is 9.18 Å². The van der Waals surface area contributed by atoms with Gasteiger partial charge in [0, 0.05) is 66.9 Å². The zero-order valence-corrected chi connectivity index (χ0v) is 19.9. The van der Waals surface area contributed by atoms with Crippen LogP contribution in [0, 0.1) is 5.82 Å². The highest BCUT2D eigenvalue weighted by atomic mass is 19.1. The van der Waals surface area contributed by atoms with Crippen molar-refractivity contribution < 1.29 is 18.3 Å². The van der Waals surface area contributed by atoms with Crippen molar-refractivity contribution in [1.29, 1.82) is 0 Å². The molecule has 1 saturated heterocycles. The molecule has 178 valence electrons. The van der Waals surface area contributed by atoms with Crippen LogP contribution < -0.4 is 9.64 Å². The fourth-order valence-electron chi connectivity index (χ4n) is 5.06. The molecule has 1 amide bonds. The first-order chi connectivity index (χ1) is 16.5. The topological polar surface area (TPSA) is 45.9 Å². The second-order valence-corrected chi connectivity index (χ2v) is 9.10. The number of anilines is 1. The van der Waals surface area contributed by atoms with E-state index in [1.807, 2.05) is 24.8 Å². The maximum atomic E-state index is 13.2. The van der Waals surface area contributed by atoms with Gasteiger partial charge in [-0.2, -0.15) is 0 Å². The Hall–Kier alpha value is -3.28. The highest BCUT2D eigenvalue weighted by Crippen LogP contribution is 2.38. The van der Waals surface area contributed by atoms with Gasteiger partial charge in [-0.05, 0) is 69.0 Å². The van der Waals surface area contributed by atoms with Gasteiger partial charge in [-0.3, -0.25) is 4.79 Å². The van der Waals surface area contributed by atoms with Gasteiger partial charge in [-0.15, -0.1) is 0 Å². The summed E-state index contributed by atoms with van der Waals surface area (Å²) < 4.78 is 25.3. The lowest BCUT2D eigenvalue weighted by Crippen LogP contribution is -2.48. The summed E-state index contributed by atoms with van der Waals surface area (Å²) in [6.07, 6.45) is 6.10. The molecule has 0 saturated carbocycles. The lowest BCUT2D eigenvalue weighted by Gasteiger charge is -2.35. The molecule has 0 unspecified atom stereocenters. The van der Waals surface area contributed by atoms with Crippen molar-refractivity contribution >= 4 is 28.1 Å². The van der Waals surface area contributed by atoms with Gasteiger partial charge in [-0.1, -0.05) is 0 Å². The number of rotatable bonds is 5. The maximum absolute atomic E-state index is 13.2. The van der Waals surface area contributed by atoms with Gasteiger partial charge in [0.15, 0.2) is 0 Å². The van der Waals surface area contributed by atoms with Gasteiger partial charge >= 0.3 is 0 Å². The molecule has 0 spiro atoms. The van der Waals surface area contributed by atoms with Crippen molar-refractivity contribution in [2.24, 2.45) is 0 Å². The third-order valence-corrected chi connectivity index (χ3v) is 6.91. The van der Waals surface area contributed by atoms with Crippen LogP contribution in [0.25, 0.3) is 16.5 Å². The van der Waals surface area contributed by atoms with Crippen LogP contribution in [0.1, 0.15) is 43.6 Å². The number of furan rings is 1. The zero-order chi connectivity index (χ0) is 23.7. The molecule has 0 atom stereocenters. The second-order valence-electron chi connectivity index (χ2n) is 9.10. The molecule has 34 heavy (non-hydrogen) atoms. The number of halogens is 1. The van der Waals surface area contributed by atoms with Crippen LogP contribution in [0.3, 0.4) is 0 Å². The van der Waals surface area contributed by atoms with E-state index in [1.165, 1.54) is 30.5 Å². The minimum absolute atomic E-state index is 0.00743. The number of allylic oxidation sites excluding steroid dienone is 1. The van der Waals surface area contributed by atoms with Crippen LogP contribution in [0.2, 0.25) is 0 Å². The predicted octanol–water partition coefficient (Wildman–Crippen LogP) is 5.60. The van der Waals surface area contributed by atoms with Gasteiger partial charge in [0.05, 0.1) is 6.61 Å². The standard InChI is InChI=1S/C28H31FN2O3/c1-3-33-26-18-27-24(22-6-4-5-7-25(22)34-27)17-23(26)19(2)16-28(32)31-14-12-30(13-15-31)21-10-8-20(29)9-11-21/h8-11,16-18H,3-7,12-15H2,1-2H3/b19-16+. The average Bonchev–Trinajstić information content (AvgIpc) is 3.21. The molecule has 1 aliphatic carbocycles. The van der Waals surface area contributed by atoms with E-state index < -0.39 is 0 Å². The highest BCUT2D eigenvalue weighted by molar-refractivity contribution is 5.97. The zero-order valence-electron chi connectivity index (χ0n) is 19.9. The number of ether oxygens (including phenoxy) is 1. The SMILES string of the molecule is CCOc1cc2oc3c(c2cc1/C(C)=C/C(=O)N1CCN(c2ccc(F)cc2)CC1)CCCC3. The first-order valence-electron chi connectivity index (χ1n) is 12.2. The van der Waals surface area contributed by atoms with Gasteiger partial charge < -0.3 is 19.0 Å². The lowest BCUT2D eigenvalue weighted by molar-refractivity contribution is -0.126. The van der Waals surface area contributed by atoms with E-state index >= 15 is 0 Å². The number of fused-ring (bicyclic) bond motifs is 3. The van der Waals surface area contributed by atoms with Crippen molar-refractivity contribution in [2.75, 3.05) is 37.7 Å². The molecule has 5 nitrogen and oxygen atoms in total. The number of carbonyl (C=O) groups is 1. The molecule has 1 aromatic heterocycles.